The number of hydrogen-bond donors (Lipinski definition) is 0. The number of aryl methyl sites for hydroxylation is 1. The zero-order valence-corrected chi connectivity index (χ0v) is 14.0. The van der Waals surface area contributed by atoms with Crippen LogP contribution in [0.1, 0.15) is 24.1 Å². The molecule has 1 aromatic carbocycles. The molecule has 3 nitrogen and oxygen atoms in total. The van der Waals surface area contributed by atoms with Gasteiger partial charge in [-0.25, -0.2) is 0 Å². The van der Waals surface area contributed by atoms with Crippen LogP contribution in [0.3, 0.4) is 0 Å². The summed E-state index contributed by atoms with van der Waals surface area (Å²) in [7, 11) is 1.70. The zero-order valence-electron chi connectivity index (χ0n) is 14.0. The predicted molar refractivity (Wildman–Crippen MR) is 93.9 cm³/mol. The summed E-state index contributed by atoms with van der Waals surface area (Å²) in [6.45, 7) is 5.57. The van der Waals surface area contributed by atoms with E-state index < -0.39 is 0 Å². The van der Waals surface area contributed by atoms with Crippen molar-refractivity contribution in [1.29, 1.82) is 0 Å². The highest BCUT2D eigenvalue weighted by Gasteiger charge is 2.25. The summed E-state index contributed by atoms with van der Waals surface area (Å²) in [5.41, 5.74) is 6.24. The molecule has 4 rings (SSSR count). The Labute approximate surface area is 136 Å². The SMILES string of the molecule is COc1ccc(-c2nccc3c(C)c(C)n(CC4CC4)c23)cc1. The highest BCUT2D eigenvalue weighted by atomic mass is 16.5. The Bertz CT molecular complexity index is 857. The molecular weight excluding hydrogens is 284 g/mol. The van der Waals surface area contributed by atoms with Gasteiger partial charge in [0.15, 0.2) is 0 Å². The van der Waals surface area contributed by atoms with Crippen LogP contribution in [-0.4, -0.2) is 16.7 Å². The van der Waals surface area contributed by atoms with E-state index in [2.05, 4.69) is 36.6 Å². The minimum atomic E-state index is 0.840. The lowest BCUT2D eigenvalue weighted by Crippen LogP contribution is -2.03. The summed E-state index contributed by atoms with van der Waals surface area (Å²) in [5, 5.41) is 1.32. The molecule has 3 aromatic rings. The first-order chi connectivity index (χ1) is 11.2. The first kappa shape index (κ1) is 14.3. The van der Waals surface area contributed by atoms with Gasteiger partial charge in [0.25, 0.3) is 0 Å². The summed E-state index contributed by atoms with van der Waals surface area (Å²) >= 11 is 0. The van der Waals surface area contributed by atoms with Crippen molar-refractivity contribution in [2.24, 2.45) is 5.92 Å². The van der Waals surface area contributed by atoms with Gasteiger partial charge in [-0.15, -0.1) is 0 Å². The number of fused-ring (bicyclic) bond motifs is 1. The van der Waals surface area contributed by atoms with Crippen molar-refractivity contribution in [3.63, 3.8) is 0 Å². The first-order valence-electron chi connectivity index (χ1n) is 8.28. The van der Waals surface area contributed by atoms with Gasteiger partial charge < -0.3 is 9.30 Å². The minimum absolute atomic E-state index is 0.840. The molecular formula is C20H22N2O. The lowest BCUT2D eigenvalue weighted by molar-refractivity contribution is 0.415. The molecule has 0 saturated heterocycles. The molecule has 0 radical (unpaired) electrons. The van der Waals surface area contributed by atoms with Crippen LogP contribution in [0.15, 0.2) is 36.5 Å². The van der Waals surface area contributed by atoms with Gasteiger partial charge in [-0.2, -0.15) is 0 Å². The molecule has 1 fully saturated rings. The van der Waals surface area contributed by atoms with E-state index in [1.807, 2.05) is 18.3 Å². The molecule has 3 heteroatoms. The van der Waals surface area contributed by atoms with Gasteiger partial charge in [-0.1, -0.05) is 0 Å². The van der Waals surface area contributed by atoms with Gasteiger partial charge >= 0.3 is 0 Å². The fraction of sp³-hybridized carbons (Fsp3) is 0.350. The number of nitrogens with zero attached hydrogens (tertiary/aromatic N) is 2. The second kappa shape index (κ2) is 5.41. The summed E-state index contributed by atoms with van der Waals surface area (Å²) in [4.78, 5) is 4.71. The number of pyridine rings is 1. The number of hydrogen-bond acceptors (Lipinski definition) is 2. The quantitative estimate of drug-likeness (QED) is 0.696. The van der Waals surface area contributed by atoms with Crippen LogP contribution in [0.4, 0.5) is 0 Å². The third-order valence-corrected chi connectivity index (χ3v) is 5.05. The van der Waals surface area contributed by atoms with Gasteiger partial charge in [-0.05, 0) is 68.5 Å². The van der Waals surface area contributed by atoms with Crippen LogP contribution in [0, 0.1) is 19.8 Å². The van der Waals surface area contributed by atoms with Crippen molar-refractivity contribution >= 4 is 10.9 Å². The van der Waals surface area contributed by atoms with Crippen LogP contribution in [0.2, 0.25) is 0 Å². The normalized spacial score (nSPS) is 14.4. The molecule has 23 heavy (non-hydrogen) atoms. The molecule has 118 valence electrons. The van der Waals surface area contributed by atoms with Crippen molar-refractivity contribution < 1.29 is 4.74 Å². The molecule has 1 aliphatic rings. The largest absolute Gasteiger partial charge is 0.497 e. The molecule has 0 unspecified atom stereocenters. The van der Waals surface area contributed by atoms with E-state index in [4.69, 9.17) is 9.72 Å². The van der Waals surface area contributed by atoms with E-state index in [9.17, 15) is 0 Å². The molecule has 0 amide bonds. The van der Waals surface area contributed by atoms with E-state index >= 15 is 0 Å². The molecule has 0 spiro atoms. The van der Waals surface area contributed by atoms with E-state index in [0.717, 1.165) is 29.5 Å². The average Bonchev–Trinajstić information content (AvgIpc) is 3.38. The van der Waals surface area contributed by atoms with Crippen LogP contribution in [-0.2, 0) is 6.54 Å². The molecule has 2 heterocycles. The number of rotatable bonds is 4. The van der Waals surface area contributed by atoms with Gasteiger partial charge in [0.05, 0.1) is 18.3 Å². The maximum atomic E-state index is 5.27. The monoisotopic (exact) mass is 306 g/mol. The number of ether oxygens (including phenoxy) is 1. The molecule has 2 aromatic heterocycles. The molecule has 1 aliphatic carbocycles. The summed E-state index contributed by atoms with van der Waals surface area (Å²) in [6, 6.07) is 10.3. The summed E-state index contributed by atoms with van der Waals surface area (Å²) in [6.07, 6.45) is 4.64. The Balaban J connectivity index is 1.92. The third-order valence-electron chi connectivity index (χ3n) is 5.05. The molecule has 0 N–H and O–H groups in total. The minimum Gasteiger partial charge on any atom is -0.497 e. The lowest BCUT2D eigenvalue weighted by atomic mass is 10.1. The molecule has 1 saturated carbocycles. The van der Waals surface area contributed by atoms with E-state index in [1.165, 1.54) is 35.0 Å². The number of methoxy groups -OCH3 is 1. The highest BCUT2D eigenvalue weighted by molar-refractivity contribution is 5.95. The standard InChI is InChI=1S/C20H22N2O/c1-13-14(2)22(12-15-4-5-15)20-18(13)10-11-21-19(20)16-6-8-17(23-3)9-7-16/h6-11,15H,4-5,12H2,1-3H3. The Morgan fingerprint density at radius 1 is 1.13 bits per heavy atom. The van der Waals surface area contributed by atoms with Crippen LogP contribution < -0.4 is 4.74 Å². The van der Waals surface area contributed by atoms with Crippen molar-refractivity contribution in [1.82, 2.24) is 9.55 Å². The van der Waals surface area contributed by atoms with Gasteiger partial charge in [0.1, 0.15) is 5.75 Å². The van der Waals surface area contributed by atoms with Crippen LogP contribution >= 0.6 is 0 Å². The third kappa shape index (κ3) is 2.40. The second-order valence-corrected chi connectivity index (χ2v) is 6.55. The van der Waals surface area contributed by atoms with Gasteiger partial charge in [-0.3, -0.25) is 4.98 Å². The van der Waals surface area contributed by atoms with Crippen molar-refractivity contribution in [2.45, 2.75) is 33.2 Å². The van der Waals surface area contributed by atoms with Gasteiger partial charge in [0, 0.05) is 29.4 Å². The topological polar surface area (TPSA) is 27.1 Å². The average molecular weight is 306 g/mol. The molecule has 0 atom stereocenters. The molecule has 0 aliphatic heterocycles. The van der Waals surface area contributed by atoms with E-state index in [0.29, 0.717) is 0 Å². The predicted octanol–water partition coefficient (Wildman–Crippen LogP) is 4.74. The fourth-order valence-corrected chi connectivity index (χ4v) is 3.34. The van der Waals surface area contributed by atoms with E-state index in [-0.39, 0.29) is 0 Å². The maximum Gasteiger partial charge on any atom is 0.118 e. The fourth-order valence-electron chi connectivity index (χ4n) is 3.34. The van der Waals surface area contributed by atoms with Crippen molar-refractivity contribution in [3.05, 3.63) is 47.8 Å². The highest BCUT2D eigenvalue weighted by Crippen LogP contribution is 2.37. The number of benzene rings is 1. The van der Waals surface area contributed by atoms with Crippen LogP contribution in [0.25, 0.3) is 22.2 Å². The second-order valence-electron chi connectivity index (χ2n) is 6.55. The number of aromatic nitrogens is 2. The van der Waals surface area contributed by atoms with E-state index in [1.54, 1.807) is 7.11 Å². The Hall–Kier alpha value is -2.29. The smallest absolute Gasteiger partial charge is 0.118 e. The Morgan fingerprint density at radius 2 is 1.87 bits per heavy atom. The Kier molecular flexibility index (Phi) is 3.37. The van der Waals surface area contributed by atoms with Crippen molar-refractivity contribution in [2.75, 3.05) is 7.11 Å². The maximum absolute atomic E-state index is 5.27. The molecule has 0 bridgehead atoms. The summed E-state index contributed by atoms with van der Waals surface area (Å²) < 4.78 is 7.76. The lowest BCUT2D eigenvalue weighted by Gasteiger charge is -2.11. The zero-order chi connectivity index (χ0) is 16.0. The Morgan fingerprint density at radius 3 is 2.52 bits per heavy atom. The van der Waals surface area contributed by atoms with Crippen molar-refractivity contribution in [3.8, 4) is 17.0 Å². The van der Waals surface area contributed by atoms with Gasteiger partial charge in [0.2, 0.25) is 0 Å². The first-order valence-corrected chi connectivity index (χ1v) is 8.28. The summed E-state index contributed by atoms with van der Waals surface area (Å²) in [5.74, 6) is 1.72. The van der Waals surface area contributed by atoms with Crippen LogP contribution in [0.5, 0.6) is 5.75 Å².